The molecule has 1 fully saturated rings. The third kappa shape index (κ3) is 28.5. The van der Waals surface area contributed by atoms with E-state index in [2.05, 4.69) is 52.7 Å². The first kappa shape index (κ1) is 68.3. The van der Waals surface area contributed by atoms with Crippen molar-refractivity contribution in [3.63, 3.8) is 0 Å². The fourth-order valence-electron chi connectivity index (χ4n) is 8.72. The lowest BCUT2D eigenvalue weighted by molar-refractivity contribution is -0.186. The number of fused-ring (bicyclic) bond motifs is 3. The van der Waals surface area contributed by atoms with Crippen LogP contribution >= 0.6 is 15.6 Å². The zero-order valence-electron chi connectivity index (χ0n) is 45.7. The number of hydrogen-bond acceptors (Lipinski definition) is 18. The van der Waals surface area contributed by atoms with E-state index in [1.165, 1.54) is 43.9 Å². The van der Waals surface area contributed by atoms with Gasteiger partial charge in [0.2, 0.25) is 0 Å². The molecule has 8 N–H and O–H groups in total. The zero-order chi connectivity index (χ0) is 57.2. The number of hydrogen-bond donors (Lipinski definition) is 7. The van der Waals surface area contributed by atoms with Crippen LogP contribution in [0.25, 0.3) is 0 Å². The zero-order valence-corrected chi connectivity index (χ0v) is 47.5. The number of nitrogens with zero attached hydrogens (tertiary/aromatic N) is 2. The van der Waals surface area contributed by atoms with Crippen molar-refractivity contribution < 1.29 is 81.3 Å². The number of esters is 2. The Labute approximate surface area is 460 Å². The number of nitrogens with two attached hydrogens (primary N) is 1. The van der Waals surface area contributed by atoms with Crippen molar-refractivity contribution in [3.05, 3.63) is 83.5 Å². The Balaban J connectivity index is 1.68. The van der Waals surface area contributed by atoms with Gasteiger partial charge in [-0.15, -0.1) is 0 Å². The third-order valence-corrected chi connectivity index (χ3v) is 15.8. The van der Waals surface area contributed by atoms with Gasteiger partial charge >= 0.3 is 33.3 Å². The number of carbonyl (C=O) groups is 3. The van der Waals surface area contributed by atoms with Gasteiger partial charge in [-0.25, -0.2) is 13.9 Å². The summed E-state index contributed by atoms with van der Waals surface area (Å²) >= 11 is 0. The van der Waals surface area contributed by atoms with E-state index in [-0.39, 0.29) is 37.9 Å². The summed E-state index contributed by atoms with van der Waals surface area (Å²) in [5.41, 5.74) is 4.75. The average Bonchev–Trinajstić information content (AvgIpc) is 3.39. The predicted octanol–water partition coefficient (Wildman–Crippen LogP) is 8.87. The van der Waals surface area contributed by atoms with E-state index in [4.69, 9.17) is 29.0 Å². The maximum absolute atomic E-state index is 14.0. The molecule has 2 bridgehead atoms. The molecule has 1 saturated heterocycles. The lowest BCUT2D eigenvalue weighted by atomic mass is 9.83. The van der Waals surface area contributed by atoms with Crippen molar-refractivity contribution in [1.29, 1.82) is 0 Å². The Morgan fingerprint density at radius 2 is 1.45 bits per heavy atom. The monoisotopic (exact) mass is 1140 g/mol. The summed E-state index contributed by atoms with van der Waals surface area (Å²) in [6, 6.07) is 1.23. The number of phosphoric ester groups is 2. The number of anilines is 1. The molecule has 1 aromatic heterocycles. The van der Waals surface area contributed by atoms with Crippen molar-refractivity contribution >= 4 is 39.2 Å². The molecule has 23 heteroatoms. The van der Waals surface area contributed by atoms with Crippen LogP contribution in [0.2, 0.25) is 0 Å². The Bertz CT molecular complexity index is 2220. The summed E-state index contributed by atoms with van der Waals surface area (Å²) < 4.78 is 58.9. The van der Waals surface area contributed by atoms with Gasteiger partial charge in [-0.3, -0.25) is 28.0 Å². The molecule has 3 heterocycles. The molecule has 21 nitrogen and oxygen atoms in total. The summed E-state index contributed by atoms with van der Waals surface area (Å²) in [4.78, 5) is 78.1. The minimum Gasteiger partial charge on any atom is -0.462 e. The number of nitrogen functional groups attached to an aromatic ring is 1. The molecule has 0 aliphatic carbocycles. The predicted molar refractivity (Wildman–Crippen MR) is 294 cm³/mol. The van der Waals surface area contributed by atoms with Crippen molar-refractivity contribution in [2.45, 2.75) is 211 Å². The fourth-order valence-corrected chi connectivity index (χ4v) is 10.8. The molecule has 2 unspecified atom stereocenters. The van der Waals surface area contributed by atoms with Crippen LogP contribution in [0.5, 0.6) is 0 Å². The van der Waals surface area contributed by atoms with Gasteiger partial charge in [0.05, 0.1) is 37.4 Å². The summed E-state index contributed by atoms with van der Waals surface area (Å²) in [6.07, 6.45) is 24.8. The Morgan fingerprint density at radius 3 is 2.12 bits per heavy atom. The van der Waals surface area contributed by atoms with E-state index in [0.717, 1.165) is 81.4 Å². The van der Waals surface area contributed by atoms with Crippen LogP contribution < -0.4 is 11.4 Å². The maximum Gasteiger partial charge on any atom is 0.481 e. The van der Waals surface area contributed by atoms with E-state index < -0.39 is 120 Å². The number of Topliss-reactive ketones (excluding diaryl/α,β-unsaturated/α-hetero) is 1. The number of ether oxygens (including phenoxy) is 3. The number of aliphatic hydroxyl groups is 4. The number of allylic oxidation sites excluding steroid dienone is 8. The normalized spacial score (nSPS) is 28.2. The van der Waals surface area contributed by atoms with Gasteiger partial charge in [0, 0.05) is 31.4 Å². The second kappa shape index (κ2) is 38.7. The molecule has 0 amide bonds. The number of unbranched alkanes of at least 4 members (excludes halogenated alkanes) is 12. The van der Waals surface area contributed by atoms with Crippen LogP contribution in [0.4, 0.5) is 5.82 Å². The number of aromatic nitrogens is 2. The number of cyclic esters (lactones) is 1. The quantitative estimate of drug-likeness (QED) is 0.0187. The van der Waals surface area contributed by atoms with Crippen LogP contribution in [-0.2, 0) is 51.1 Å². The largest absolute Gasteiger partial charge is 0.481 e. The summed E-state index contributed by atoms with van der Waals surface area (Å²) in [6.45, 7) is 1.43. The molecule has 2 aliphatic rings. The van der Waals surface area contributed by atoms with Crippen LogP contribution in [-0.4, -0.2) is 114 Å². The first-order chi connectivity index (χ1) is 37.4. The molecule has 0 aromatic carbocycles. The van der Waals surface area contributed by atoms with Gasteiger partial charge in [0.25, 0.3) is 0 Å². The van der Waals surface area contributed by atoms with E-state index in [9.17, 15) is 58.5 Å². The van der Waals surface area contributed by atoms with E-state index in [1.807, 2.05) is 6.92 Å². The highest BCUT2D eigenvalue weighted by Gasteiger charge is 2.45. The van der Waals surface area contributed by atoms with Gasteiger partial charge in [-0.2, -0.15) is 9.29 Å². The SMILES string of the molecule is CCCCCC/C=C\C/C=C\C/C=C\CCCCCCCCC(=O)OC[C@@H]1COP(=O)(O)OP(=O)(O)OC[C@H]2O[C@@H](n3ccc(N)nc3=O)[C@@H](CC=CCCCC(=O)O1)[C@@H](O)CC(=O)[C@H](/C=C/[C@@H](O)CCCCC)[C@H](O)[C@@H]2O. The van der Waals surface area contributed by atoms with Crippen LogP contribution in [0.3, 0.4) is 0 Å². The van der Waals surface area contributed by atoms with Crippen molar-refractivity contribution in [1.82, 2.24) is 9.55 Å². The van der Waals surface area contributed by atoms with Gasteiger partial charge in [-0.1, -0.05) is 139 Å². The molecular formula is C55H89N3O18P2. The number of rotatable bonds is 27. The van der Waals surface area contributed by atoms with Crippen molar-refractivity contribution in [2.24, 2.45) is 11.8 Å². The number of carbonyl (C=O) groups excluding carboxylic acids is 3. The third-order valence-electron chi connectivity index (χ3n) is 13.2. The van der Waals surface area contributed by atoms with Crippen molar-refractivity contribution in [3.8, 4) is 0 Å². The number of aliphatic hydroxyl groups excluding tert-OH is 4. The smallest absolute Gasteiger partial charge is 0.462 e. The van der Waals surface area contributed by atoms with Gasteiger partial charge in [0.1, 0.15) is 36.6 Å². The average molecular weight is 1140 g/mol. The molecule has 78 heavy (non-hydrogen) atoms. The molecule has 11 atom stereocenters. The summed E-state index contributed by atoms with van der Waals surface area (Å²) in [7, 11) is -11.3. The van der Waals surface area contributed by atoms with E-state index in [1.54, 1.807) is 12.2 Å². The molecule has 1 aromatic rings. The minimum absolute atomic E-state index is 0.0596. The Hall–Kier alpha value is -3.95. The van der Waals surface area contributed by atoms with Crippen LogP contribution in [0.15, 0.2) is 77.8 Å². The van der Waals surface area contributed by atoms with Crippen molar-refractivity contribution in [2.75, 3.05) is 25.6 Å². The van der Waals surface area contributed by atoms with Crippen LogP contribution in [0.1, 0.15) is 174 Å². The highest BCUT2D eigenvalue weighted by atomic mass is 31.3. The minimum atomic E-state index is -5.73. The van der Waals surface area contributed by atoms with E-state index in [0.29, 0.717) is 19.3 Å². The van der Waals surface area contributed by atoms with Gasteiger partial charge in [-0.05, 0) is 76.7 Å². The number of phosphoric acid groups is 2. The lowest BCUT2D eigenvalue weighted by Crippen LogP contribution is -2.51. The second-order valence-electron chi connectivity index (χ2n) is 19.9. The Morgan fingerprint density at radius 1 is 0.833 bits per heavy atom. The first-order valence-electron chi connectivity index (χ1n) is 27.9. The van der Waals surface area contributed by atoms with E-state index >= 15 is 0 Å². The molecule has 0 spiro atoms. The highest BCUT2D eigenvalue weighted by molar-refractivity contribution is 7.61. The maximum atomic E-state index is 14.0. The molecule has 2 aliphatic heterocycles. The molecule has 442 valence electrons. The highest BCUT2D eigenvalue weighted by Crippen LogP contribution is 2.60. The lowest BCUT2D eigenvalue weighted by Gasteiger charge is -2.39. The molecule has 3 rings (SSSR count). The topological polar surface area (TPSA) is 323 Å². The number of ketones is 1. The summed E-state index contributed by atoms with van der Waals surface area (Å²) in [5, 5.41) is 45.7. The second-order valence-corrected chi connectivity index (χ2v) is 22.9. The molecule has 0 saturated carbocycles. The standard InChI is InChI=1S/C55H89N3O18P2/c1-3-5-7-8-9-10-11-12-13-14-15-16-17-18-19-20-21-22-23-28-32-50(62)71-39-43-40-72-77(67,68)76-78(69,70)73-41-48-53(65)52(64)44(35-34-42(59)30-26-6-4-2)46(60)38-47(61)45(31-27-24-25-29-33-51(63)74-43)54(75-48)58-37-36-49(56)57-55(58)66/h10-11,13-14,16-17,24,27,34-37,42-45,47-48,52-54,59,61,64-65H,3-9,12,15,18-23,25-26,28-33,38-41H2,1-2H3,(H,67,68)(H,69,70)(H2,56,57,66)/b11-10-,14-13-,17-16-,27-24?,35-34+/t42-,43+,44-,45-,47-,48+,52-,53+,54+/m0/s1. The Kier molecular flexibility index (Phi) is 33.9. The molecular weight excluding hydrogens is 1050 g/mol. The summed E-state index contributed by atoms with van der Waals surface area (Å²) in [5.74, 6) is -5.23. The van der Waals surface area contributed by atoms with Gasteiger partial charge in [0.15, 0.2) is 6.10 Å². The van der Waals surface area contributed by atoms with Gasteiger partial charge < -0.3 is 50.2 Å². The van der Waals surface area contributed by atoms with Crippen LogP contribution in [0, 0.1) is 11.8 Å². The first-order valence-corrected chi connectivity index (χ1v) is 30.9. The fraction of sp³-hybridized carbons (Fsp3) is 0.691. The molecule has 0 radical (unpaired) electrons.